The molecule has 0 aliphatic carbocycles. The van der Waals surface area contributed by atoms with Crippen molar-refractivity contribution >= 4 is 29.0 Å². The van der Waals surface area contributed by atoms with Crippen LogP contribution >= 0.6 is 0 Å². The molecule has 2 N–H and O–H groups in total. The van der Waals surface area contributed by atoms with Gasteiger partial charge in [-0.05, 0) is 54.6 Å². The van der Waals surface area contributed by atoms with E-state index in [0.29, 0.717) is 11.4 Å². The third-order valence-corrected chi connectivity index (χ3v) is 4.42. The lowest BCUT2D eigenvalue weighted by atomic mass is 10.2. The Balaban J connectivity index is 1.70. The van der Waals surface area contributed by atoms with E-state index < -0.39 is 28.5 Å². The molecule has 0 atom stereocenters. The largest absolute Gasteiger partial charge is 0.350 e. The molecule has 8 nitrogen and oxygen atoms in total. The molecular weight excluding hydrogens is 422 g/mol. The maximum Gasteiger partial charge on any atom is 0.326 e. The van der Waals surface area contributed by atoms with Crippen LogP contribution in [0.1, 0.15) is 10.4 Å². The van der Waals surface area contributed by atoms with Crippen LogP contribution in [0, 0.1) is 21.7 Å². The van der Waals surface area contributed by atoms with Crippen molar-refractivity contribution in [3.63, 3.8) is 0 Å². The minimum atomic E-state index is -0.592. The lowest BCUT2D eigenvalue weighted by Crippen LogP contribution is -2.41. The fraction of sp³-hybridized carbons (Fsp3) is 0.0909. The second-order valence-electron chi connectivity index (χ2n) is 6.63. The first-order valence-electron chi connectivity index (χ1n) is 9.46. The zero-order valence-corrected chi connectivity index (χ0v) is 16.6. The summed E-state index contributed by atoms with van der Waals surface area (Å²) >= 11 is 0. The van der Waals surface area contributed by atoms with Gasteiger partial charge in [0.05, 0.1) is 4.92 Å². The Morgan fingerprint density at radius 2 is 1.62 bits per heavy atom. The second-order valence-corrected chi connectivity index (χ2v) is 6.63. The van der Waals surface area contributed by atoms with Crippen LogP contribution < -0.4 is 15.5 Å². The fourth-order valence-corrected chi connectivity index (χ4v) is 2.84. The summed E-state index contributed by atoms with van der Waals surface area (Å²) in [6.07, 6.45) is 0. The number of hydrogen-bond acceptors (Lipinski definition) is 4. The van der Waals surface area contributed by atoms with E-state index in [-0.39, 0.29) is 24.3 Å². The van der Waals surface area contributed by atoms with Gasteiger partial charge in [-0.15, -0.1) is 0 Å². The van der Waals surface area contributed by atoms with Crippen molar-refractivity contribution in [2.75, 3.05) is 23.3 Å². The zero-order chi connectivity index (χ0) is 23.1. The molecule has 10 heteroatoms. The molecule has 3 aromatic rings. The van der Waals surface area contributed by atoms with Crippen molar-refractivity contribution in [1.82, 2.24) is 5.32 Å². The monoisotopic (exact) mass is 440 g/mol. The molecule has 0 saturated heterocycles. The number of urea groups is 1. The molecule has 0 aromatic heterocycles. The van der Waals surface area contributed by atoms with Crippen LogP contribution in [0.5, 0.6) is 0 Å². The summed E-state index contributed by atoms with van der Waals surface area (Å²) in [5, 5.41) is 16.0. The molecular formula is C22H18F2N4O4. The van der Waals surface area contributed by atoms with Gasteiger partial charge in [0.1, 0.15) is 11.6 Å². The molecule has 3 rings (SSSR count). The number of non-ortho nitro benzene ring substituents is 1. The molecule has 3 aromatic carbocycles. The van der Waals surface area contributed by atoms with Crippen LogP contribution in [0.4, 0.5) is 30.6 Å². The number of nitrogens with zero attached hydrogens (tertiary/aromatic N) is 2. The van der Waals surface area contributed by atoms with Gasteiger partial charge in [0, 0.05) is 42.2 Å². The SMILES string of the molecule is O=C(NCCN(C(=O)Nc1ccc([N+](=O)[O-])cc1)c1ccc(F)cc1)c1cccc(F)c1. The minimum Gasteiger partial charge on any atom is -0.350 e. The number of nitro groups is 1. The molecule has 32 heavy (non-hydrogen) atoms. The number of halogens is 2. The molecule has 0 heterocycles. The number of nitro benzene ring substituents is 1. The Hall–Kier alpha value is -4.34. The van der Waals surface area contributed by atoms with Crippen LogP contribution in [-0.4, -0.2) is 30.0 Å². The van der Waals surface area contributed by atoms with Gasteiger partial charge in [-0.3, -0.25) is 19.8 Å². The topological polar surface area (TPSA) is 105 Å². The summed E-state index contributed by atoms with van der Waals surface area (Å²) in [5.74, 6) is -1.55. The molecule has 0 aliphatic rings. The number of anilines is 2. The summed E-state index contributed by atoms with van der Waals surface area (Å²) in [7, 11) is 0. The van der Waals surface area contributed by atoms with Crippen molar-refractivity contribution in [3.8, 4) is 0 Å². The number of rotatable bonds is 7. The number of nitrogens with one attached hydrogen (secondary N) is 2. The average molecular weight is 440 g/mol. The smallest absolute Gasteiger partial charge is 0.326 e. The molecule has 164 valence electrons. The molecule has 0 radical (unpaired) electrons. The predicted molar refractivity (Wildman–Crippen MR) is 115 cm³/mol. The van der Waals surface area contributed by atoms with Crippen molar-refractivity contribution in [3.05, 3.63) is 100 Å². The number of carbonyl (C=O) groups excluding carboxylic acids is 2. The highest BCUT2D eigenvalue weighted by atomic mass is 19.1. The van der Waals surface area contributed by atoms with E-state index in [2.05, 4.69) is 10.6 Å². The highest BCUT2D eigenvalue weighted by Gasteiger charge is 2.17. The molecule has 0 saturated carbocycles. The highest BCUT2D eigenvalue weighted by Crippen LogP contribution is 2.19. The van der Waals surface area contributed by atoms with Gasteiger partial charge in [-0.1, -0.05) is 6.07 Å². The van der Waals surface area contributed by atoms with Crippen molar-refractivity contribution in [2.45, 2.75) is 0 Å². The van der Waals surface area contributed by atoms with E-state index in [0.717, 1.165) is 6.07 Å². The lowest BCUT2D eigenvalue weighted by molar-refractivity contribution is -0.384. The van der Waals surface area contributed by atoms with Gasteiger partial charge in [-0.2, -0.15) is 0 Å². The maximum absolute atomic E-state index is 13.3. The van der Waals surface area contributed by atoms with Crippen LogP contribution in [0.2, 0.25) is 0 Å². The normalized spacial score (nSPS) is 10.3. The van der Waals surface area contributed by atoms with E-state index in [1.807, 2.05) is 0 Å². The predicted octanol–water partition coefficient (Wildman–Crippen LogP) is 4.34. The molecule has 0 unspecified atom stereocenters. The van der Waals surface area contributed by atoms with Gasteiger partial charge in [-0.25, -0.2) is 13.6 Å². The Kier molecular flexibility index (Phi) is 7.06. The Morgan fingerprint density at radius 1 is 0.938 bits per heavy atom. The summed E-state index contributed by atoms with van der Waals surface area (Å²) in [6, 6.07) is 15.0. The molecule has 0 fully saturated rings. The van der Waals surface area contributed by atoms with Gasteiger partial charge in [0.15, 0.2) is 0 Å². The van der Waals surface area contributed by atoms with Gasteiger partial charge in [0.25, 0.3) is 11.6 Å². The summed E-state index contributed by atoms with van der Waals surface area (Å²) in [5.41, 5.74) is 0.689. The van der Waals surface area contributed by atoms with E-state index in [1.54, 1.807) is 0 Å². The molecule has 0 bridgehead atoms. The quantitative estimate of drug-likeness (QED) is 0.421. The van der Waals surface area contributed by atoms with E-state index in [1.165, 1.54) is 71.6 Å². The fourth-order valence-electron chi connectivity index (χ4n) is 2.84. The van der Waals surface area contributed by atoms with Crippen molar-refractivity contribution in [1.29, 1.82) is 0 Å². The van der Waals surface area contributed by atoms with E-state index in [9.17, 15) is 28.5 Å². The first-order chi connectivity index (χ1) is 15.3. The van der Waals surface area contributed by atoms with Crippen LogP contribution in [0.25, 0.3) is 0 Å². The van der Waals surface area contributed by atoms with Gasteiger partial charge in [0.2, 0.25) is 0 Å². The van der Waals surface area contributed by atoms with Crippen molar-refractivity contribution < 1.29 is 23.3 Å². The number of benzene rings is 3. The van der Waals surface area contributed by atoms with Crippen LogP contribution in [0.3, 0.4) is 0 Å². The molecule has 0 spiro atoms. The third-order valence-electron chi connectivity index (χ3n) is 4.42. The van der Waals surface area contributed by atoms with Crippen LogP contribution in [-0.2, 0) is 0 Å². The van der Waals surface area contributed by atoms with E-state index >= 15 is 0 Å². The summed E-state index contributed by atoms with van der Waals surface area (Å²) in [6.45, 7) is 0.0475. The van der Waals surface area contributed by atoms with Gasteiger partial charge >= 0.3 is 6.03 Å². The first-order valence-corrected chi connectivity index (χ1v) is 9.46. The number of carbonyl (C=O) groups is 2. The Labute approximate surface area is 181 Å². The molecule has 0 aliphatic heterocycles. The average Bonchev–Trinajstić information content (AvgIpc) is 2.77. The lowest BCUT2D eigenvalue weighted by Gasteiger charge is -2.23. The Bertz CT molecular complexity index is 1120. The maximum atomic E-state index is 13.3. The number of hydrogen-bond donors (Lipinski definition) is 2. The summed E-state index contributed by atoms with van der Waals surface area (Å²) in [4.78, 5) is 36.5. The third kappa shape index (κ3) is 5.85. The van der Waals surface area contributed by atoms with Crippen molar-refractivity contribution in [2.24, 2.45) is 0 Å². The minimum absolute atomic E-state index is 0.0193. The molecule has 3 amide bonds. The second kappa shape index (κ2) is 10.1. The summed E-state index contributed by atoms with van der Waals surface area (Å²) < 4.78 is 26.6. The highest BCUT2D eigenvalue weighted by molar-refractivity contribution is 6.02. The van der Waals surface area contributed by atoms with Crippen LogP contribution in [0.15, 0.2) is 72.8 Å². The van der Waals surface area contributed by atoms with Gasteiger partial charge < -0.3 is 10.6 Å². The number of amides is 3. The standard InChI is InChI=1S/C22H18F2N4O4/c23-16-4-8-19(9-5-16)27(13-12-25-21(29)15-2-1-3-17(24)14-15)22(30)26-18-6-10-20(11-7-18)28(31)32/h1-11,14H,12-13H2,(H,25,29)(H,26,30). The zero-order valence-electron chi connectivity index (χ0n) is 16.6. The van der Waals surface area contributed by atoms with E-state index in [4.69, 9.17) is 0 Å². The first kappa shape index (κ1) is 22.3. The Morgan fingerprint density at radius 3 is 2.25 bits per heavy atom.